The van der Waals surface area contributed by atoms with Crippen LogP contribution >= 0.6 is 0 Å². The number of benzene rings is 1. The van der Waals surface area contributed by atoms with Gasteiger partial charge in [0, 0.05) is 0 Å². The van der Waals surface area contributed by atoms with Crippen molar-refractivity contribution in [3.05, 3.63) is 36.4 Å². The van der Waals surface area contributed by atoms with E-state index in [1.807, 2.05) is 0 Å². The van der Waals surface area contributed by atoms with E-state index < -0.39 is 57.1 Å². The molecule has 6 unspecified atom stereocenters. The van der Waals surface area contributed by atoms with Crippen molar-refractivity contribution < 1.29 is 43.9 Å². The van der Waals surface area contributed by atoms with E-state index in [1.165, 1.54) is 30.3 Å². The fourth-order valence-corrected chi connectivity index (χ4v) is 5.73. The van der Waals surface area contributed by atoms with Crippen LogP contribution in [0.25, 0.3) is 6.08 Å². The number of hydrogen-bond acceptors (Lipinski definition) is 0. The van der Waals surface area contributed by atoms with Gasteiger partial charge >= 0.3 is 5.92 Å². The van der Waals surface area contributed by atoms with Crippen LogP contribution in [0.1, 0.15) is 5.56 Å². The Balaban J connectivity index is 3.16. The Bertz CT molecular complexity index is 680. The molecule has 0 saturated heterocycles. The zero-order valence-corrected chi connectivity index (χ0v) is 16.4. The third-order valence-corrected chi connectivity index (χ3v) is 8.14. The predicted octanol–water partition coefficient (Wildman–Crippen LogP) is 5.71. The van der Waals surface area contributed by atoms with Gasteiger partial charge in [-0.05, 0) is 10.8 Å². The Kier molecular flexibility index (Phi) is 8.38. The lowest BCUT2D eigenvalue weighted by Crippen LogP contribution is -2.63. The molecule has 0 amide bonds. The van der Waals surface area contributed by atoms with Gasteiger partial charge < -0.3 is 0 Å². The molecule has 0 fully saturated rings. The third kappa shape index (κ3) is 5.15. The lowest BCUT2D eigenvalue weighted by molar-refractivity contribution is -0.146. The van der Waals surface area contributed by atoms with Gasteiger partial charge in [0.25, 0.3) is 6.43 Å². The van der Waals surface area contributed by atoms with Crippen molar-refractivity contribution >= 4 is 19.3 Å². The van der Waals surface area contributed by atoms with Crippen molar-refractivity contribution in [3.8, 4) is 0 Å². The second kappa shape index (κ2) is 9.52. The first-order chi connectivity index (χ1) is 13.2. The van der Waals surface area contributed by atoms with Crippen LogP contribution < -0.4 is 5.19 Å². The Labute approximate surface area is 162 Å². The molecule has 1 rings (SSSR count). The number of alkyl halides is 10. The summed E-state index contributed by atoms with van der Waals surface area (Å²) < 4.78 is 135. The van der Waals surface area contributed by atoms with Crippen LogP contribution in [0.3, 0.4) is 0 Å². The lowest BCUT2D eigenvalue weighted by Gasteiger charge is -2.36. The normalized spacial score (nSPS) is 19.3. The second-order valence-corrected chi connectivity index (χ2v) is 11.6. The van der Waals surface area contributed by atoms with Gasteiger partial charge in [-0.15, -0.1) is 0 Å². The highest BCUT2D eigenvalue weighted by Crippen LogP contribution is 2.38. The van der Waals surface area contributed by atoms with Crippen molar-refractivity contribution in [1.82, 2.24) is 0 Å². The van der Waals surface area contributed by atoms with E-state index in [-0.39, 0.29) is 10.8 Å². The molecular formula is C18H20F10Si. The average molecular weight is 454 g/mol. The Hall–Kier alpha value is -1.52. The molecular weight excluding hydrogens is 434 g/mol. The maximum atomic E-state index is 14.8. The minimum Gasteiger partial charge on any atom is -0.244 e. The topological polar surface area (TPSA) is 0 Å². The van der Waals surface area contributed by atoms with Crippen LogP contribution in [-0.2, 0) is 0 Å². The first-order valence-corrected chi connectivity index (χ1v) is 11.5. The molecule has 6 atom stereocenters. The van der Waals surface area contributed by atoms with Gasteiger partial charge in [0.15, 0.2) is 36.7 Å². The van der Waals surface area contributed by atoms with Crippen molar-refractivity contribution in [3.63, 3.8) is 0 Å². The zero-order chi connectivity index (χ0) is 22.7. The summed E-state index contributed by atoms with van der Waals surface area (Å²) >= 11 is 0. The highest BCUT2D eigenvalue weighted by molar-refractivity contribution is 6.91. The minimum absolute atomic E-state index is 0.0893. The SMILES string of the molecule is C=Cc1ccccc1[Si](C)(C)C(F)C(F)(F)C(F)C(F)C(F)C(F)C(F)C(F)F. The van der Waals surface area contributed by atoms with Gasteiger partial charge in [0.1, 0.15) is 8.07 Å². The molecule has 11 heteroatoms. The van der Waals surface area contributed by atoms with Gasteiger partial charge in [-0.3, -0.25) is 0 Å². The quantitative estimate of drug-likeness (QED) is 0.314. The molecule has 0 aliphatic heterocycles. The van der Waals surface area contributed by atoms with Gasteiger partial charge in [0.2, 0.25) is 0 Å². The molecule has 0 spiro atoms. The van der Waals surface area contributed by atoms with E-state index in [0.29, 0.717) is 0 Å². The number of halogens is 10. The van der Waals surface area contributed by atoms with Crippen molar-refractivity contribution in [1.29, 1.82) is 0 Å². The molecule has 0 aliphatic rings. The molecule has 0 radical (unpaired) electrons. The van der Waals surface area contributed by atoms with Gasteiger partial charge in [-0.25, -0.2) is 43.9 Å². The average Bonchev–Trinajstić information content (AvgIpc) is 2.69. The summed E-state index contributed by atoms with van der Waals surface area (Å²) in [6.07, 6.45) is -22.8. The molecule has 1 aromatic carbocycles. The molecule has 0 bridgehead atoms. The minimum atomic E-state index is -5.13. The summed E-state index contributed by atoms with van der Waals surface area (Å²) in [4.78, 5) is 0. The zero-order valence-electron chi connectivity index (χ0n) is 15.4. The molecule has 0 heterocycles. The third-order valence-electron chi connectivity index (χ3n) is 4.65. The Morgan fingerprint density at radius 1 is 0.828 bits per heavy atom. The first-order valence-electron chi connectivity index (χ1n) is 8.43. The van der Waals surface area contributed by atoms with Crippen LogP contribution in [0.15, 0.2) is 30.8 Å². The molecule has 1 aromatic rings. The lowest BCUT2D eigenvalue weighted by atomic mass is 10.0. The molecule has 0 nitrogen and oxygen atoms in total. The van der Waals surface area contributed by atoms with Gasteiger partial charge in [-0.2, -0.15) is 0 Å². The molecule has 0 aromatic heterocycles. The van der Waals surface area contributed by atoms with Crippen molar-refractivity contribution in [2.24, 2.45) is 0 Å². The smallest absolute Gasteiger partial charge is 0.244 e. The van der Waals surface area contributed by atoms with E-state index in [9.17, 15) is 43.9 Å². The fraction of sp³-hybridized carbons (Fsp3) is 0.556. The van der Waals surface area contributed by atoms with E-state index in [0.717, 1.165) is 13.1 Å². The van der Waals surface area contributed by atoms with E-state index >= 15 is 0 Å². The summed E-state index contributed by atoms with van der Waals surface area (Å²) in [5, 5.41) is 0.0893. The van der Waals surface area contributed by atoms with Crippen LogP contribution in [0.5, 0.6) is 0 Å². The second-order valence-electron chi connectivity index (χ2n) is 7.06. The fourth-order valence-electron chi connectivity index (χ4n) is 2.88. The Morgan fingerprint density at radius 2 is 1.31 bits per heavy atom. The van der Waals surface area contributed by atoms with Crippen molar-refractivity contribution in [2.75, 3.05) is 0 Å². The van der Waals surface area contributed by atoms with E-state index in [4.69, 9.17) is 0 Å². The Morgan fingerprint density at radius 3 is 1.79 bits per heavy atom. The maximum Gasteiger partial charge on any atom is 0.309 e. The summed E-state index contributed by atoms with van der Waals surface area (Å²) in [5.41, 5.74) is 0.277. The predicted molar refractivity (Wildman–Crippen MR) is 94.0 cm³/mol. The maximum absolute atomic E-state index is 14.8. The van der Waals surface area contributed by atoms with Crippen LogP contribution in [0.2, 0.25) is 13.1 Å². The first kappa shape index (κ1) is 25.5. The standard InChI is InChI=1S/C18H20F10Si/c1-4-9-7-5-6-8-10(9)29(2,3)17(26)18(27,28)15(23)13(21)11(19)12(20)14(22)16(24)25/h4-8,11-17H,1H2,2-3H3. The molecule has 166 valence electrons. The molecule has 29 heavy (non-hydrogen) atoms. The highest BCUT2D eigenvalue weighted by atomic mass is 28.3. The molecule has 0 saturated carbocycles. The summed E-state index contributed by atoms with van der Waals surface area (Å²) in [7, 11) is -3.90. The van der Waals surface area contributed by atoms with Crippen LogP contribution in [-0.4, -0.2) is 57.1 Å². The van der Waals surface area contributed by atoms with Crippen LogP contribution in [0.4, 0.5) is 43.9 Å². The summed E-state index contributed by atoms with van der Waals surface area (Å²) in [6.45, 7) is 5.63. The van der Waals surface area contributed by atoms with Crippen molar-refractivity contribution in [2.45, 2.75) is 62.1 Å². The van der Waals surface area contributed by atoms with Gasteiger partial charge in [0.05, 0.1) is 0 Å². The number of hydrogen-bond donors (Lipinski definition) is 0. The summed E-state index contributed by atoms with van der Waals surface area (Å²) in [5.74, 6) is -8.43. The van der Waals surface area contributed by atoms with E-state index in [2.05, 4.69) is 6.58 Å². The molecule has 0 aliphatic carbocycles. The summed E-state index contributed by atoms with van der Waals surface area (Å²) in [6, 6.07) is 5.66. The van der Waals surface area contributed by atoms with Crippen LogP contribution in [0, 0.1) is 0 Å². The highest BCUT2D eigenvalue weighted by Gasteiger charge is 2.61. The van der Waals surface area contributed by atoms with Gasteiger partial charge in [-0.1, -0.05) is 50.0 Å². The monoisotopic (exact) mass is 454 g/mol. The molecule has 0 N–H and O–H groups in total. The number of rotatable bonds is 10. The largest absolute Gasteiger partial charge is 0.309 e. The van der Waals surface area contributed by atoms with E-state index in [1.54, 1.807) is 0 Å².